The van der Waals surface area contributed by atoms with Crippen molar-refractivity contribution in [2.75, 3.05) is 11.5 Å². The van der Waals surface area contributed by atoms with Crippen LogP contribution in [0.3, 0.4) is 0 Å². The number of aryl methyl sites for hydroxylation is 1. The number of carbonyl (C=O) groups excluding carboxylic acids is 1. The minimum Gasteiger partial charge on any atom is -0.397 e. The molecule has 0 bridgehead atoms. The summed E-state index contributed by atoms with van der Waals surface area (Å²) in [4.78, 5) is 11.8. The first kappa shape index (κ1) is 16.5. The summed E-state index contributed by atoms with van der Waals surface area (Å²) in [6, 6.07) is 4.76. The summed E-state index contributed by atoms with van der Waals surface area (Å²) in [5.74, 6) is -1.07. The van der Waals surface area contributed by atoms with Crippen LogP contribution in [0.15, 0.2) is 23.1 Å². The van der Waals surface area contributed by atoms with Crippen LogP contribution in [0.5, 0.6) is 0 Å². The number of hydrogen-bond acceptors (Lipinski definition) is 4. The summed E-state index contributed by atoms with van der Waals surface area (Å²) in [5.41, 5.74) is 6.68. The number of anilines is 1. The number of rotatable bonds is 6. The summed E-state index contributed by atoms with van der Waals surface area (Å²) >= 11 is 0. The third-order valence-electron chi connectivity index (χ3n) is 3.07. The van der Waals surface area contributed by atoms with Gasteiger partial charge in [-0.1, -0.05) is 25.5 Å². The fraction of sp³-hybridized carbons (Fsp3) is 0.500. The SMILES string of the molecule is CCCC(C)NC(=O)CS(=O)(=O)c1cccc(C)c1N. The number of para-hydroxylation sites is 1. The largest absolute Gasteiger partial charge is 0.397 e. The van der Waals surface area contributed by atoms with Crippen LogP contribution >= 0.6 is 0 Å². The predicted molar refractivity (Wildman–Crippen MR) is 80.2 cm³/mol. The van der Waals surface area contributed by atoms with Gasteiger partial charge in [-0.05, 0) is 31.9 Å². The number of nitrogens with two attached hydrogens (primary N) is 1. The Labute approximate surface area is 120 Å². The fourth-order valence-electron chi connectivity index (χ4n) is 2.00. The van der Waals surface area contributed by atoms with E-state index in [0.717, 1.165) is 12.8 Å². The Kier molecular flexibility index (Phi) is 5.56. The Morgan fingerprint density at radius 2 is 2.05 bits per heavy atom. The van der Waals surface area contributed by atoms with Gasteiger partial charge in [-0.15, -0.1) is 0 Å². The number of sulfone groups is 1. The molecule has 0 saturated heterocycles. The molecule has 0 heterocycles. The summed E-state index contributed by atoms with van der Waals surface area (Å²) in [6.07, 6.45) is 1.75. The van der Waals surface area contributed by atoms with Crippen LogP contribution in [-0.2, 0) is 14.6 Å². The van der Waals surface area contributed by atoms with Gasteiger partial charge >= 0.3 is 0 Å². The van der Waals surface area contributed by atoms with Crippen LogP contribution in [-0.4, -0.2) is 26.1 Å². The number of nitrogen functional groups attached to an aromatic ring is 1. The molecule has 20 heavy (non-hydrogen) atoms. The van der Waals surface area contributed by atoms with E-state index in [1.54, 1.807) is 19.1 Å². The second kappa shape index (κ2) is 6.74. The molecule has 1 amide bonds. The van der Waals surface area contributed by atoms with E-state index in [1.807, 2.05) is 13.8 Å². The molecular formula is C14H22N2O3S. The van der Waals surface area contributed by atoms with Crippen molar-refractivity contribution in [1.29, 1.82) is 0 Å². The number of carbonyl (C=O) groups is 1. The third-order valence-corrected chi connectivity index (χ3v) is 4.74. The predicted octanol–water partition coefficient (Wildman–Crippen LogP) is 1.66. The topological polar surface area (TPSA) is 89.3 Å². The highest BCUT2D eigenvalue weighted by atomic mass is 32.2. The molecule has 0 saturated carbocycles. The smallest absolute Gasteiger partial charge is 0.235 e. The highest BCUT2D eigenvalue weighted by molar-refractivity contribution is 7.92. The van der Waals surface area contributed by atoms with E-state index in [2.05, 4.69) is 5.32 Å². The number of amides is 1. The van der Waals surface area contributed by atoms with Crippen molar-refractivity contribution >= 4 is 21.4 Å². The van der Waals surface area contributed by atoms with Crippen molar-refractivity contribution in [3.05, 3.63) is 23.8 Å². The van der Waals surface area contributed by atoms with Crippen molar-refractivity contribution in [2.45, 2.75) is 44.6 Å². The van der Waals surface area contributed by atoms with E-state index in [4.69, 9.17) is 5.73 Å². The number of nitrogens with one attached hydrogen (secondary N) is 1. The van der Waals surface area contributed by atoms with Crippen molar-refractivity contribution in [3.63, 3.8) is 0 Å². The van der Waals surface area contributed by atoms with Crippen LogP contribution in [0.4, 0.5) is 5.69 Å². The van der Waals surface area contributed by atoms with Gasteiger partial charge in [-0.2, -0.15) is 0 Å². The molecule has 0 fully saturated rings. The van der Waals surface area contributed by atoms with Crippen LogP contribution in [0.2, 0.25) is 0 Å². The van der Waals surface area contributed by atoms with Crippen molar-refractivity contribution in [3.8, 4) is 0 Å². The summed E-state index contributed by atoms with van der Waals surface area (Å²) in [5, 5.41) is 2.68. The molecule has 0 radical (unpaired) electrons. The average Bonchev–Trinajstić information content (AvgIpc) is 2.31. The van der Waals surface area contributed by atoms with E-state index < -0.39 is 21.5 Å². The monoisotopic (exact) mass is 298 g/mol. The lowest BCUT2D eigenvalue weighted by Crippen LogP contribution is -2.36. The maximum absolute atomic E-state index is 12.2. The van der Waals surface area contributed by atoms with Gasteiger partial charge in [0, 0.05) is 6.04 Å². The average molecular weight is 298 g/mol. The Morgan fingerprint density at radius 3 is 2.65 bits per heavy atom. The molecule has 1 unspecified atom stereocenters. The molecular weight excluding hydrogens is 276 g/mol. The number of benzene rings is 1. The first-order valence-corrected chi connectivity index (χ1v) is 8.30. The molecule has 0 spiro atoms. The van der Waals surface area contributed by atoms with Gasteiger partial charge in [-0.3, -0.25) is 4.79 Å². The molecule has 0 aliphatic rings. The minimum absolute atomic E-state index is 0.0239. The summed E-state index contributed by atoms with van der Waals surface area (Å²) < 4.78 is 24.4. The maximum atomic E-state index is 12.2. The molecule has 0 aromatic heterocycles. The first-order valence-electron chi connectivity index (χ1n) is 6.65. The van der Waals surface area contributed by atoms with Crippen LogP contribution in [0.25, 0.3) is 0 Å². The van der Waals surface area contributed by atoms with Crippen molar-refractivity contribution < 1.29 is 13.2 Å². The standard InChI is InChI=1S/C14H22N2O3S/c1-4-6-11(3)16-13(17)9-20(18,19)12-8-5-7-10(2)14(12)15/h5,7-8,11H,4,6,9,15H2,1-3H3,(H,16,17). The summed E-state index contributed by atoms with van der Waals surface area (Å²) in [7, 11) is -3.71. The van der Waals surface area contributed by atoms with Gasteiger partial charge in [0.05, 0.1) is 10.6 Å². The number of hydrogen-bond donors (Lipinski definition) is 2. The van der Waals surface area contributed by atoms with E-state index in [9.17, 15) is 13.2 Å². The Balaban J connectivity index is 2.85. The van der Waals surface area contributed by atoms with Gasteiger partial charge in [0.1, 0.15) is 5.75 Å². The Bertz CT molecular complexity index is 582. The van der Waals surface area contributed by atoms with E-state index in [0.29, 0.717) is 5.56 Å². The third kappa shape index (κ3) is 4.23. The molecule has 0 aliphatic carbocycles. The molecule has 1 atom stereocenters. The second-order valence-corrected chi connectivity index (χ2v) is 6.96. The van der Waals surface area contributed by atoms with Crippen molar-refractivity contribution in [2.24, 2.45) is 0 Å². The van der Waals surface area contributed by atoms with Crippen LogP contribution < -0.4 is 11.1 Å². The molecule has 112 valence electrons. The zero-order valence-corrected chi connectivity index (χ0v) is 13.0. The normalized spacial score (nSPS) is 12.9. The molecule has 0 aliphatic heterocycles. The molecule has 5 nitrogen and oxygen atoms in total. The quantitative estimate of drug-likeness (QED) is 0.782. The van der Waals surface area contributed by atoms with Gasteiger partial charge in [0.25, 0.3) is 0 Å². The van der Waals surface area contributed by atoms with Crippen LogP contribution in [0.1, 0.15) is 32.3 Å². The minimum atomic E-state index is -3.71. The van der Waals surface area contributed by atoms with E-state index in [-0.39, 0.29) is 16.6 Å². The van der Waals surface area contributed by atoms with Gasteiger partial charge in [0.2, 0.25) is 5.91 Å². The molecule has 3 N–H and O–H groups in total. The Hall–Kier alpha value is -1.56. The first-order chi connectivity index (χ1) is 9.27. The lowest BCUT2D eigenvalue weighted by atomic mass is 10.2. The fourth-order valence-corrected chi connectivity index (χ4v) is 3.36. The lowest BCUT2D eigenvalue weighted by molar-refractivity contribution is -0.119. The zero-order valence-electron chi connectivity index (χ0n) is 12.1. The van der Waals surface area contributed by atoms with E-state index >= 15 is 0 Å². The molecule has 1 rings (SSSR count). The van der Waals surface area contributed by atoms with Crippen LogP contribution in [0, 0.1) is 6.92 Å². The van der Waals surface area contributed by atoms with Crippen molar-refractivity contribution in [1.82, 2.24) is 5.32 Å². The highest BCUT2D eigenvalue weighted by Gasteiger charge is 2.22. The molecule has 6 heteroatoms. The second-order valence-electron chi connectivity index (χ2n) is 5.00. The highest BCUT2D eigenvalue weighted by Crippen LogP contribution is 2.22. The van der Waals surface area contributed by atoms with Gasteiger partial charge < -0.3 is 11.1 Å². The van der Waals surface area contributed by atoms with E-state index in [1.165, 1.54) is 6.07 Å². The summed E-state index contributed by atoms with van der Waals surface area (Å²) in [6.45, 7) is 5.60. The van der Waals surface area contributed by atoms with Gasteiger partial charge in [0.15, 0.2) is 9.84 Å². The Morgan fingerprint density at radius 1 is 1.40 bits per heavy atom. The lowest BCUT2D eigenvalue weighted by Gasteiger charge is -2.13. The molecule has 1 aromatic rings. The maximum Gasteiger partial charge on any atom is 0.235 e. The van der Waals surface area contributed by atoms with Gasteiger partial charge in [-0.25, -0.2) is 8.42 Å². The molecule has 1 aromatic carbocycles. The zero-order chi connectivity index (χ0) is 15.3.